The number of H-pyrrole nitrogens is 1. The minimum absolute atomic E-state index is 0.0392. The smallest absolute Gasteiger partial charge is 0.251 e. The molecule has 0 saturated heterocycles. The van der Waals surface area contributed by atoms with E-state index in [9.17, 15) is 4.79 Å². The first kappa shape index (κ1) is 23.2. The van der Waals surface area contributed by atoms with Crippen LogP contribution in [0.5, 0.6) is 0 Å². The fourth-order valence-corrected chi connectivity index (χ4v) is 3.13. The van der Waals surface area contributed by atoms with Crippen molar-refractivity contribution < 1.29 is 4.79 Å². The summed E-state index contributed by atoms with van der Waals surface area (Å²) in [5.41, 5.74) is 5.20. The fraction of sp³-hybridized carbons (Fsp3) is 0.296. The standard InChI is InChI=1S/C23H24N2O.C4H10/c1-3-8-17(4-2)18-9-7-10-19(15-18)23(26)24-14-13-20-16-25-22-12-6-5-11-21(20)22;1-4(2)3/h3-12,15-16,25H,13-14H2,1-2H3,(H,24,26);4H,1-3H3/b8-3-,17-4+;. The van der Waals surface area contributed by atoms with Crippen molar-refractivity contribution in [3.05, 3.63) is 89.6 Å². The van der Waals surface area contributed by atoms with E-state index in [1.165, 1.54) is 10.9 Å². The average molecular weight is 403 g/mol. The maximum Gasteiger partial charge on any atom is 0.251 e. The number of fused-ring (bicyclic) bond motifs is 1. The Morgan fingerprint density at radius 2 is 1.73 bits per heavy atom. The highest BCUT2D eigenvalue weighted by molar-refractivity contribution is 5.95. The van der Waals surface area contributed by atoms with E-state index >= 15 is 0 Å². The molecule has 2 aromatic carbocycles. The van der Waals surface area contributed by atoms with E-state index in [1.807, 2.05) is 74.7 Å². The van der Waals surface area contributed by atoms with E-state index in [0.29, 0.717) is 12.1 Å². The third-order valence-corrected chi connectivity index (χ3v) is 4.47. The van der Waals surface area contributed by atoms with Crippen molar-refractivity contribution in [2.24, 2.45) is 5.92 Å². The molecule has 0 radical (unpaired) electrons. The molecule has 3 nitrogen and oxygen atoms in total. The molecular weight excluding hydrogens is 368 g/mol. The molecule has 0 unspecified atom stereocenters. The normalized spacial score (nSPS) is 11.6. The second-order valence-corrected chi connectivity index (χ2v) is 7.92. The van der Waals surface area contributed by atoms with Crippen molar-refractivity contribution in [2.75, 3.05) is 6.54 Å². The van der Waals surface area contributed by atoms with Crippen molar-refractivity contribution in [3.8, 4) is 0 Å². The zero-order valence-electron chi connectivity index (χ0n) is 18.8. The third-order valence-electron chi connectivity index (χ3n) is 4.47. The number of hydrogen-bond acceptors (Lipinski definition) is 1. The molecule has 1 amide bonds. The number of rotatable bonds is 6. The van der Waals surface area contributed by atoms with Gasteiger partial charge in [0, 0.05) is 29.2 Å². The number of para-hydroxylation sites is 1. The van der Waals surface area contributed by atoms with Crippen molar-refractivity contribution >= 4 is 22.4 Å². The predicted octanol–water partition coefficient (Wildman–Crippen LogP) is 6.78. The van der Waals surface area contributed by atoms with Gasteiger partial charge >= 0.3 is 0 Å². The summed E-state index contributed by atoms with van der Waals surface area (Å²) >= 11 is 0. The van der Waals surface area contributed by atoms with Crippen LogP contribution in [0.1, 0.15) is 56.1 Å². The summed E-state index contributed by atoms with van der Waals surface area (Å²) in [6.07, 6.45) is 8.92. The minimum Gasteiger partial charge on any atom is -0.361 e. The molecule has 1 aromatic heterocycles. The molecule has 0 aliphatic heterocycles. The lowest BCUT2D eigenvalue weighted by Crippen LogP contribution is -2.25. The van der Waals surface area contributed by atoms with E-state index in [1.54, 1.807) is 0 Å². The number of amides is 1. The summed E-state index contributed by atoms with van der Waals surface area (Å²) in [5, 5.41) is 4.24. The lowest BCUT2D eigenvalue weighted by molar-refractivity contribution is 0.0954. The predicted molar refractivity (Wildman–Crippen MR) is 130 cm³/mol. The number of allylic oxidation sites excluding steroid dienone is 4. The summed E-state index contributed by atoms with van der Waals surface area (Å²) in [7, 11) is 0. The second-order valence-electron chi connectivity index (χ2n) is 7.92. The first-order chi connectivity index (χ1) is 14.5. The van der Waals surface area contributed by atoms with Gasteiger partial charge in [-0.25, -0.2) is 0 Å². The van der Waals surface area contributed by atoms with Gasteiger partial charge in [-0.3, -0.25) is 4.79 Å². The Bertz CT molecular complexity index is 1010. The van der Waals surface area contributed by atoms with Crippen LogP contribution < -0.4 is 5.32 Å². The van der Waals surface area contributed by atoms with Crippen molar-refractivity contribution in [3.63, 3.8) is 0 Å². The summed E-state index contributed by atoms with van der Waals surface area (Å²) in [6.45, 7) is 11.1. The highest BCUT2D eigenvalue weighted by Crippen LogP contribution is 2.19. The van der Waals surface area contributed by atoms with Crippen LogP contribution >= 0.6 is 0 Å². The van der Waals surface area contributed by atoms with Crippen LogP contribution in [-0.4, -0.2) is 17.4 Å². The molecule has 2 N–H and O–H groups in total. The largest absolute Gasteiger partial charge is 0.361 e. The maximum atomic E-state index is 12.5. The van der Waals surface area contributed by atoms with Crippen LogP contribution in [0.3, 0.4) is 0 Å². The summed E-state index contributed by atoms with van der Waals surface area (Å²) in [6, 6.07) is 16.0. The van der Waals surface area contributed by atoms with E-state index in [2.05, 4.69) is 43.2 Å². The Kier molecular flexibility index (Phi) is 9.14. The molecule has 30 heavy (non-hydrogen) atoms. The zero-order chi connectivity index (χ0) is 21.9. The number of benzene rings is 2. The number of hydrogen-bond donors (Lipinski definition) is 2. The Morgan fingerprint density at radius 3 is 2.43 bits per heavy atom. The summed E-state index contributed by atoms with van der Waals surface area (Å²) < 4.78 is 0. The Balaban J connectivity index is 0.000000735. The van der Waals surface area contributed by atoms with Gasteiger partial charge in [0.1, 0.15) is 0 Å². The van der Waals surface area contributed by atoms with Crippen LogP contribution in [0.4, 0.5) is 0 Å². The lowest BCUT2D eigenvalue weighted by Gasteiger charge is -2.08. The third kappa shape index (κ3) is 6.77. The van der Waals surface area contributed by atoms with Crippen LogP contribution in [0.15, 0.2) is 73.0 Å². The lowest BCUT2D eigenvalue weighted by atomic mass is 10.0. The molecule has 158 valence electrons. The average Bonchev–Trinajstić information content (AvgIpc) is 3.15. The molecule has 3 heteroatoms. The Morgan fingerprint density at radius 1 is 1.03 bits per heavy atom. The van der Waals surface area contributed by atoms with E-state index < -0.39 is 0 Å². The van der Waals surface area contributed by atoms with Gasteiger partial charge in [0.05, 0.1) is 0 Å². The van der Waals surface area contributed by atoms with Gasteiger partial charge in [0.25, 0.3) is 5.91 Å². The number of carbonyl (C=O) groups is 1. The topological polar surface area (TPSA) is 44.9 Å². The van der Waals surface area contributed by atoms with Gasteiger partial charge in [-0.1, -0.05) is 69.3 Å². The second kappa shape index (κ2) is 11.8. The monoisotopic (exact) mass is 402 g/mol. The number of aromatic amines is 1. The van der Waals surface area contributed by atoms with Crippen molar-refractivity contribution in [1.29, 1.82) is 0 Å². The van der Waals surface area contributed by atoms with E-state index in [-0.39, 0.29) is 5.91 Å². The molecule has 3 aromatic rings. The quantitative estimate of drug-likeness (QED) is 0.438. The Hall–Kier alpha value is -3.07. The molecule has 0 fully saturated rings. The number of nitrogens with one attached hydrogen (secondary N) is 2. The van der Waals surface area contributed by atoms with Crippen molar-refractivity contribution in [1.82, 2.24) is 10.3 Å². The zero-order valence-corrected chi connectivity index (χ0v) is 18.8. The molecule has 0 aliphatic carbocycles. The SMILES string of the molecule is C/C=C\C(=C/C)c1cccc(C(=O)NCCc2c[nH]c3ccccc23)c1.CC(C)C. The first-order valence-electron chi connectivity index (χ1n) is 10.7. The van der Waals surface area contributed by atoms with Gasteiger partial charge in [-0.2, -0.15) is 0 Å². The van der Waals surface area contributed by atoms with Crippen LogP contribution in [0.2, 0.25) is 0 Å². The minimum atomic E-state index is -0.0392. The Labute approximate surface area is 180 Å². The van der Waals surface area contributed by atoms with Gasteiger partial charge in [-0.15, -0.1) is 0 Å². The fourth-order valence-electron chi connectivity index (χ4n) is 3.13. The highest BCUT2D eigenvalue weighted by Gasteiger charge is 2.08. The van der Waals surface area contributed by atoms with Gasteiger partial charge < -0.3 is 10.3 Å². The molecule has 0 saturated carbocycles. The first-order valence-corrected chi connectivity index (χ1v) is 10.7. The summed E-state index contributed by atoms with van der Waals surface area (Å²) in [4.78, 5) is 15.8. The molecule has 0 bridgehead atoms. The molecule has 3 rings (SSSR count). The number of carbonyl (C=O) groups excluding carboxylic acids is 1. The molecule has 0 aliphatic rings. The number of aromatic nitrogens is 1. The van der Waals surface area contributed by atoms with Gasteiger partial charge in [-0.05, 0) is 61.1 Å². The molecule has 0 spiro atoms. The maximum absolute atomic E-state index is 12.5. The highest BCUT2D eigenvalue weighted by atomic mass is 16.1. The van der Waals surface area contributed by atoms with Crippen molar-refractivity contribution in [2.45, 2.75) is 41.0 Å². The van der Waals surface area contributed by atoms with Crippen LogP contribution in [0.25, 0.3) is 16.5 Å². The van der Waals surface area contributed by atoms with Gasteiger partial charge in [0.2, 0.25) is 0 Å². The summed E-state index contributed by atoms with van der Waals surface area (Å²) in [5.74, 6) is 0.794. The molecule has 1 heterocycles. The van der Waals surface area contributed by atoms with Gasteiger partial charge in [0.15, 0.2) is 0 Å². The van der Waals surface area contributed by atoms with Crippen LogP contribution in [-0.2, 0) is 6.42 Å². The molecular formula is C27H34N2O. The van der Waals surface area contributed by atoms with E-state index in [0.717, 1.165) is 29.0 Å². The molecule has 0 atom stereocenters. The van der Waals surface area contributed by atoms with E-state index in [4.69, 9.17) is 0 Å². The van der Waals surface area contributed by atoms with Crippen LogP contribution in [0, 0.1) is 5.92 Å².